The smallest absolute Gasteiger partial charge is 0.236 e. The van der Waals surface area contributed by atoms with Gasteiger partial charge in [-0.05, 0) is 43.7 Å². The molecule has 5 nitrogen and oxygen atoms in total. The van der Waals surface area contributed by atoms with Crippen LogP contribution in [0.5, 0.6) is 11.5 Å². The highest BCUT2D eigenvalue weighted by Gasteiger charge is 2.13. The zero-order valence-electron chi connectivity index (χ0n) is 16.2. The monoisotopic (exact) mass is 414 g/mol. The van der Waals surface area contributed by atoms with Crippen molar-refractivity contribution in [3.05, 3.63) is 52.9 Å². The number of ether oxygens (including phenoxy) is 2. The van der Waals surface area contributed by atoms with E-state index < -0.39 is 0 Å². The van der Waals surface area contributed by atoms with Crippen LogP contribution in [0.4, 0.5) is 5.13 Å². The van der Waals surface area contributed by atoms with Crippen LogP contribution in [0.2, 0.25) is 0 Å². The third kappa shape index (κ3) is 4.85. The topological polar surface area (TPSA) is 60.5 Å². The second-order valence-corrected chi connectivity index (χ2v) is 8.09. The third-order valence-corrected chi connectivity index (χ3v) is 6.06. The van der Waals surface area contributed by atoms with Crippen molar-refractivity contribution in [3.63, 3.8) is 0 Å². The lowest BCUT2D eigenvalue weighted by Gasteiger charge is -2.08. The van der Waals surface area contributed by atoms with E-state index in [2.05, 4.69) is 42.3 Å². The molecular formula is C21H22N2O3S2. The maximum atomic E-state index is 12.3. The van der Waals surface area contributed by atoms with Gasteiger partial charge in [0.15, 0.2) is 5.13 Å². The Bertz CT molecular complexity index is 986. The average Bonchev–Trinajstić information content (AvgIpc) is 3.15. The number of amides is 1. The van der Waals surface area contributed by atoms with Crippen molar-refractivity contribution < 1.29 is 14.3 Å². The van der Waals surface area contributed by atoms with Crippen LogP contribution in [0.1, 0.15) is 11.1 Å². The molecule has 1 aromatic heterocycles. The minimum Gasteiger partial charge on any atom is -0.497 e. The van der Waals surface area contributed by atoms with E-state index in [1.54, 1.807) is 14.2 Å². The number of carbonyl (C=O) groups is 1. The molecule has 0 saturated carbocycles. The lowest BCUT2D eigenvalue weighted by atomic mass is 10.1. The molecule has 28 heavy (non-hydrogen) atoms. The van der Waals surface area contributed by atoms with Crippen molar-refractivity contribution >= 4 is 34.1 Å². The van der Waals surface area contributed by atoms with Gasteiger partial charge in [-0.2, -0.15) is 0 Å². The average molecular weight is 415 g/mol. The third-order valence-electron chi connectivity index (χ3n) is 4.12. The quantitative estimate of drug-likeness (QED) is 0.540. The Kier molecular flexibility index (Phi) is 6.59. The van der Waals surface area contributed by atoms with Gasteiger partial charge in [-0.3, -0.25) is 4.79 Å². The van der Waals surface area contributed by atoms with Crippen LogP contribution in [0, 0.1) is 13.8 Å². The number of anilines is 1. The molecule has 0 spiro atoms. The molecule has 3 aromatic rings. The molecule has 1 amide bonds. The Morgan fingerprint density at radius 2 is 1.96 bits per heavy atom. The van der Waals surface area contributed by atoms with E-state index in [0.29, 0.717) is 16.6 Å². The summed E-state index contributed by atoms with van der Waals surface area (Å²) < 4.78 is 10.7. The minimum atomic E-state index is -0.0801. The zero-order chi connectivity index (χ0) is 20.1. The van der Waals surface area contributed by atoms with Gasteiger partial charge in [-0.15, -0.1) is 23.1 Å². The standard InChI is InChI=1S/C21H22N2O3S2/c1-13-5-8-19(14(2)9-13)27-12-20(24)23-21-22-17(11-28-21)16-10-15(25-3)6-7-18(16)26-4/h5-11H,12H2,1-4H3,(H,22,23,24). The summed E-state index contributed by atoms with van der Waals surface area (Å²) in [6, 6.07) is 11.8. The molecule has 0 radical (unpaired) electrons. The Morgan fingerprint density at radius 1 is 1.14 bits per heavy atom. The van der Waals surface area contributed by atoms with E-state index in [-0.39, 0.29) is 5.91 Å². The van der Waals surface area contributed by atoms with E-state index in [9.17, 15) is 4.79 Å². The van der Waals surface area contributed by atoms with Crippen molar-refractivity contribution in [2.24, 2.45) is 0 Å². The predicted molar refractivity (Wildman–Crippen MR) is 116 cm³/mol. The fraction of sp³-hybridized carbons (Fsp3) is 0.238. The number of benzene rings is 2. The van der Waals surface area contributed by atoms with Gasteiger partial charge < -0.3 is 14.8 Å². The summed E-state index contributed by atoms with van der Waals surface area (Å²) in [6.45, 7) is 4.12. The van der Waals surface area contributed by atoms with Crippen molar-refractivity contribution in [2.45, 2.75) is 18.7 Å². The summed E-state index contributed by atoms with van der Waals surface area (Å²) in [4.78, 5) is 18.0. The second kappa shape index (κ2) is 9.12. The molecule has 0 saturated heterocycles. The molecule has 0 atom stereocenters. The molecule has 2 aromatic carbocycles. The predicted octanol–water partition coefficient (Wildman–Crippen LogP) is 5.17. The first kappa shape index (κ1) is 20.2. The Morgan fingerprint density at radius 3 is 2.68 bits per heavy atom. The van der Waals surface area contributed by atoms with Crippen LogP contribution < -0.4 is 14.8 Å². The van der Waals surface area contributed by atoms with E-state index in [1.807, 2.05) is 23.6 Å². The summed E-state index contributed by atoms with van der Waals surface area (Å²) >= 11 is 2.91. The first-order valence-electron chi connectivity index (χ1n) is 8.68. The van der Waals surface area contributed by atoms with Gasteiger partial charge in [0.1, 0.15) is 11.5 Å². The zero-order valence-corrected chi connectivity index (χ0v) is 17.9. The number of hydrogen-bond donors (Lipinski definition) is 1. The summed E-state index contributed by atoms with van der Waals surface area (Å²) in [5.74, 6) is 1.68. The van der Waals surface area contributed by atoms with Gasteiger partial charge >= 0.3 is 0 Å². The Labute approximate surface area is 173 Å². The summed E-state index contributed by atoms with van der Waals surface area (Å²) in [7, 11) is 3.23. The van der Waals surface area contributed by atoms with Gasteiger partial charge in [0.05, 0.1) is 25.7 Å². The largest absolute Gasteiger partial charge is 0.497 e. The molecule has 1 N–H and O–H groups in total. The first-order valence-corrected chi connectivity index (χ1v) is 10.5. The SMILES string of the molecule is COc1ccc(OC)c(-c2csc(NC(=O)CSc3ccc(C)cc3C)n2)c1. The van der Waals surface area contributed by atoms with Crippen LogP contribution in [0.3, 0.4) is 0 Å². The molecule has 0 bridgehead atoms. The number of rotatable bonds is 7. The van der Waals surface area contributed by atoms with Crippen molar-refractivity contribution in [3.8, 4) is 22.8 Å². The summed E-state index contributed by atoms with van der Waals surface area (Å²) in [5, 5.41) is 5.33. The van der Waals surface area contributed by atoms with Crippen LogP contribution in [-0.4, -0.2) is 30.9 Å². The molecule has 3 rings (SSSR count). The van der Waals surface area contributed by atoms with Gasteiger partial charge in [0, 0.05) is 15.8 Å². The number of aromatic nitrogens is 1. The van der Waals surface area contributed by atoms with Gasteiger partial charge in [-0.1, -0.05) is 17.7 Å². The van der Waals surface area contributed by atoms with Gasteiger partial charge in [-0.25, -0.2) is 4.98 Å². The lowest BCUT2D eigenvalue weighted by Crippen LogP contribution is -2.13. The first-order chi connectivity index (χ1) is 13.5. The van der Waals surface area contributed by atoms with E-state index in [0.717, 1.165) is 21.9 Å². The maximum Gasteiger partial charge on any atom is 0.236 e. The number of hydrogen-bond acceptors (Lipinski definition) is 6. The highest BCUT2D eigenvalue weighted by Crippen LogP contribution is 2.35. The molecule has 0 unspecified atom stereocenters. The summed E-state index contributed by atoms with van der Waals surface area (Å²) in [6.07, 6.45) is 0. The normalized spacial score (nSPS) is 10.6. The van der Waals surface area contributed by atoms with Crippen molar-refractivity contribution in [1.29, 1.82) is 0 Å². The van der Waals surface area contributed by atoms with Gasteiger partial charge in [0.25, 0.3) is 0 Å². The van der Waals surface area contributed by atoms with E-state index >= 15 is 0 Å². The van der Waals surface area contributed by atoms with E-state index in [4.69, 9.17) is 9.47 Å². The molecule has 1 heterocycles. The molecule has 146 valence electrons. The molecule has 0 aliphatic heterocycles. The number of thioether (sulfide) groups is 1. The molecule has 0 aliphatic rings. The van der Waals surface area contributed by atoms with Crippen molar-refractivity contribution in [2.75, 3.05) is 25.3 Å². The number of nitrogens with zero attached hydrogens (tertiary/aromatic N) is 1. The van der Waals surface area contributed by atoms with Crippen molar-refractivity contribution in [1.82, 2.24) is 4.98 Å². The van der Waals surface area contributed by atoms with E-state index in [1.165, 1.54) is 34.2 Å². The number of methoxy groups -OCH3 is 2. The second-order valence-electron chi connectivity index (χ2n) is 6.21. The Balaban J connectivity index is 1.67. The highest BCUT2D eigenvalue weighted by molar-refractivity contribution is 8.00. The summed E-state index contributed by atoms with van der Waals surface area (Å²) in [5.41, 5.74) is 3.95. The molecule has 0 aliphatic carbocycles. The number of nitrogens with one attached hydrogen (secondary N) is 1. The number of carbonyl (C=O) groups excluding carboxylic acids is 1. The van der Waals surface area contributed by atoms with Crippen LogP contribution in [0.25, 0.3) is 11.3 Å². The minimum absolute atomic E-state index is 0.0801. The number of aryl methyl sites for hydroxylation is 2. The van der Waals surface area contributed by atoms with Crippen LogP contribution >= 0.6 is 23.1 Å². The maximum absolute atomic E-state index is 12.3. The molecule has 0 fully saturated rings. The van der Waals surface area contributed by atoms with Gasteiger partial charge in [0.2, 0.25) is 5.91 Å². The molecule has 7 heteroatoms. The number of thiazole rings is 1. The van der Waals surface area contributed by atoms with Crippen LogP contribution in [-0.2, 0) is 4.79 Å². The fourth-order valence-corrected chi connectivity index (χ4v) is 4.27. The molecular weight excluding hydrogens is 392 g/mol. The van der Waals surface area contributed by atoms with Crippen LogP contribution in [0.15, 0.2) is 46.7 Å². The fourth-order valence-electron chi connectivity index (χ4n) is 2.73. The highest BCUT2D eigenvalue weighted by atomic mass is 32.2. The Hall–Kier alpha value is -2.51. The lowest BCUT2D eigenvalue weighted by molar-refractivity contribution is -0.113.